The fourth-order valence-corrected chi connectivity index (χ4v) is 8.28. The van der Waals surface area contributed by atoms with Crippen LogP contribution < -0.4 is 26.5 Å². The van der Waals surface area contributed by atoms with Crippen LogP contribution in [0.5, 0.6) is 0 Å². The first kappa shape index (κ1) is 34.9. The molecule has 0 saturated carbocycles. The van der Waals surface area contributed by atoms with Crippen molar-refractivity contribution in [3.05, 3.63) is 121 Å². The van der Waals surface area contributed by atoms with Gasteiger partial charge in [-0.2, -0.15) is 15.3 Å². The van der Waals surface area contributed by atoms with Crippen molar-refractivity contribution in [2.45, 2.75) is 6.92 Å². The van der Waals surface area contributed by atoms with E-state index in [4.69, 9.17) is 30.0 Å². The molecule has 3 aromatic carbocycles. The van der Waals surface area contributed by atoms with Gasteiger partial charge in [0.1, 0.15) is 28.9 Å². The number of nitrogens with one attached hydrogen (secondary N) is 2. The van der Waals surface area contributed by atoms with Crippen LogP contribution in [0.4, 0.5) is 0 Å². The smallest absolute Gasteiger partial charge is 0.741 e. The zero-order chi connectivity index (χ0) is 30.3. The number of pyridine rings is 1. The average Bonchev–Trinajstić information content (AvgIpc) is 3.07. The third-order valence-electron chi connectivity index (χ3n) is 6.39. The fourth-order valence-electron chi connectivity index (χ4n) is 4.31. The van der Waals surface area contributed by atoms with Crippen LogP contribution in [0.1, 0.15) is 12.6 Å². The molecule has 2 N–H and O–H groups in total. The molecule has 8 nitrogen and oxygen atoms in total. The van der Waals surface area contributed by atoms with Gasteiger partial charge in [-0.1, -0.05) is 60.7 Å². The topological polar surface area (TPSA) is 95.6 Å². The van der Waals surface area contributed by atoms with Crippen molar-refractivity contribution >= 4 is 70.2 Å². The van der Waals surface area contributed by atoms with Crippen LogP contribution in [0.3, 0.4) is 0 Å². The van der Waals surface area contributed by atoms with E-state index in [2.05, 4.69) is 109 Å². The molecule has 0 spiro atoms. The van der Waals surface area contributed by atoms with E-state index in [1.54, 1.807) is 20.2 Å². The van der Waals surface area contributed by atoms with E-state index in [0.717, 1.165) is 0 Å². The third-order valence-corrected chi connectivity index (χ3v) is 11.0. The summed E-state index contributed by atoms with van der Waals surface area (Å²) in [5.74, 6) is 0. The Labute approximate surface area is 281 Å². The van der Waals surface area contributed by atoms with Crippen molar-refractivity contribution in [2.75, 3.05) is 26.5 Å². The Morgan fingerprint density at radius 3 is 1.75 bits per heavy atom. The minimum atomic E-state index is -2.07. The summed E-state index contributed by atoms with van der Waals surface area (Å²) in [5.41, 5.74) is 1.52. The molecule has 1 radical (unpaired) electrons. The van der Waals surface area contributed by atoms with Crippen molar-refractivity contribution in [1.82, 2.24) is 15.6 Å². The molecule has 0 saturated heterocycles. The van der Waals surface area contributed by atoms with E-state index < -0.39 is 7.26 Å². The summed E-state index contributed by atoms with van der Waals surface area (Å²) in [7, 11) is -0.390. The number of nitrogens with zero attached hydrogens (tertiary/aromatic N) is 5. The van der Waals surface area contributed by atoms with Crippen LogP contribution >= 0.6 is 7.26 Å². The second kappa shape index (κ2) is 18.3. The molecule has 0 atom stereocenters. The number of amidine groups is 2. The Morgan fingerprint density at radius 1 is 0.727 bits per heavy atom. The van der Waals surface area contributed by atoms with Gasteiger partial charge in [-0.3, -0.25) is 4.98 Å². The summed E-state index contributed by atoms with van der Waals surface area (Å²) in [6.07, 6.45) is 2.22. The maximum Gasteiger partial charge on any atom is 2.00 e. The molecule has 0 amide bonds. The van der Waals surface area contributed by atoms with Crippen LogP contribution in [0.25, 0.3) is 0 Å². The van der Waals surface area contributed by atoms with Gasteiger partial charge in [-0.15, -0.1) is 5.10 Å². The predicted octanol–water partition coefficient (Wildman–Crippen LogP) is 3.74. The molecule has 0 unspecified atom stereocenters. The second-order valence-corrected chi connectivity index (χ2v) is 13.4. The normalized spacial score (nSPS) is 12.8. The third kappa shape index (κ3) is 9.47. The zero-order valence-electron chi connectivity index (χ0n) is 24.3. The van der Waals surface area contributed by atoms with Gasteiger partial charge in [-0.25, -0.2) is 0 Å². The maximum absolute atomic E-state index is 6.39. The van der Waals surface area contributed by atoms with E-state index in [0.29, 0.717) is 36.6 Å². The van der Waals surface area contributed by atoms with Crippen LogP contribution in [0.2, 0.25) is 0 Å². The maximum atomic E-state index is 6.39. The van der Waals surface area contributed by atoms with Gasteiger partial charge in [0.25, 0.3) is 0 Å². The monoisotopic (exact) mass is 689 g/mol. The molecule has 0 aliphatic rings. The van der Waals surface area contributed by atoms with Gasteiger partial charge < -0.3 is 40.6 Å². The Kier molecular flexibility index (Phi) is 14.5. The minimum Gasteiger partial charge on any atom is -0.741 e. The molecule has 1 aromatic heterocycles. The van der Waals surface area contributed by atoms with E-state index in [9.17, 15) is 0 Å². The van der Waals surface area contributed by atoms with Crippen molar-refractivity contribution < 1.29 is 21.8 Å². The molecule has 4 aromatic rings. The molecule has 0 fully saturated rings. The SMILES string of the molecule is CN/C([S-])=N/N=C(/C(C)=N/N=C(\[S-])NCCOC[P+](c1ccccc1)(c1ccccc1)c1ccccc1)c1ccccn1.[Cu+2]. The summed E-state index contributed by atoms with van der Waals surface area (Å²) in [4.78, 5) is 4.35. The number of aromatic nitrogens is 1. The summed E-state index contributed by atoms with van der Waals surface area (Å²) in [6.45, 7) is 2.68. The quantitative estimate of drug-likeness (QED) is 0.0448. The van der Waals surface area contributed by atoms with Gasteiger partial charge in [0.2, 0.25) is 0 Å². The van der Waals surface area contributed by atoms with E-state index in [-0.39, 0.29) is 27.4 Å². The van der Waals surface area contributed by atoms with Crippen LogP contribution in [0.15, 0.2) is 136 Å². The fraction of sp³-hybridized carbons (Fsp3) is 0.156. The van der Waals surface area contributed by atoms with Crippen molar-refractivity contribution in [2.24, 2.45) is 20.4 Å². The molecular formula is C32H33CuN7OPS2+. The van der Waals surface area contributed by atoms with Crippen molar-refractivity contribution in [3.63, 3.8) is 0 Å². The zero-order valence-corrected chi connectivity index (χ0v) is 27.8. The van der Waals surface area contributed by atoms with Crippen LogP contribution in [-0.4, -0.2) is 53.3 Å². The summed E-state index contributed by atoms with van der Waals surface area (Å²) in [6, 6.07) is 37.4. The molecular weight excluding hydrogens is 657 g/mol. The Balaban J connectivity index is 0.00000529. The van der Waals surface area contributed by atoms with Crippen molar-refractivity contribution in [3.8, 4) is 0 Å². The molecule has 0 aliphatic heterocycles. The molecule has 0 bridgehead atoms. The number of ether oxygens (including phenoxy) is 1. The largest absolute Gasteiger partial charge is 2.00 e. The van der Waals surface area contributed by atoms with Gasteiger partial charge >= 0.3 is 17.1 Å². The van der Waals surface area contributed by atoms with Crippen LogP contribution in [0, 0.1) is 0 Å². The number of benzene rings is 3. The van der Waals surface area contributed by atoms with E-state index >= 15 is 0 Å². The number of rotatable bonds is 12. The summed E-state index contributed by atoms with van der Waals surface area (Å²) < 4.78 is 6.39. The molecule has 12 heteroatoms. The first-order chi connectivity index (χ1) is 21.0. The van der Waals surface area contributed by atoms with Crippen LogP contribution in [-0.2, 0) is 47.1 Å². The van der Waals surface area contributed by atoms with Gasteiger partial charge in [-0.05, 0) is 65.8 Å². The molecule has 4 rings (SSSR count). The summed E-state index contributed by atoms with van der Waals surface area (Å²) in [5, 5.41) is 26.8. The minimum absolute atomic E-state index is 0. The molecule has 44 heavy (non-hydrogen) atoms. The predicted molar refractivity (Wildman–Crippen MR) is 187 cm³/mol. The number of hydrogen-bond donors (Lipinski definition) is 2. The average molecular weight is 690 g/mol. The van der Waals surface area contributed by atoms with E-state index in [1.807, 2.05) is 36.4 Å². The van der Waals surface area contributed by atoms with Crippen molar-refractivity contribution in [1.29, 1.82) is 0 Å². The molecule has 1 heterocycles. The van der Waals surface area contributed by atoms with Gasteiger partial charge in [0.15, 0.2) is 6.35 Å². The van der Waals surface area contributed by atoms with Gasteiger partial charge in [0.05, 0.1) is 18.0 Å². The first-order valence-electron chi connectivity index (χ1n) is 13.6. The second-order valence-electron chi connectivity index (χ2n) is 9.19. The number of hydrogen-bond acceptors (Lipinski definition) is 8. The molecule has 229 valence electrons. The Hall–Kier alpha value is -3.56. The Morgan fingerprint density at radius 2 is 1.25 bits per heavy atom. The Bertz CT molecular complexity index is 1460. The molecule has 0 aliphatic carbocycles. The standard InChI is InChI=1S/C32H34N7OPS2.Cu/c1-25(30(37-38-31(42)33-2)29-20-12-13-21-34-29)36-39-32(43)35-22-23-40-24-41(26-14-6-3-7-15-26,27-16-8-4-9-17-27)28-18-10-5-11-19-28;/h3-21H,22-24H2,1-2H3,(H3-,33,34,35,36,37,38,39,42,43);/q;+2/p-1. The van der Waals surface area contributed by atoms with Gasteiger partial charge in [0, 0.05) is 19.8 Å². The van der Waals surface area contributed by atoms with E-state index in [1.165, 1.54) is 15.9 Å². The first-order valence-corrected chi connectivity index (χ1v) is 16.4. The summed E-state index contributed by atoms with van der Waals surface area (Å²) >= 11 is 10.5.